The van der Waals surface area contributed by atoms with E-state index in [-0.39, 0.29) is 13.2 Å². The van der Waals surface area contributed by atoms with Crippen molar-refractivity contribution in [3.63, 3.8) is 0 Å². The molecule has 10 heteroatoms. The van der Waals surface area contributed by atoms with E-state index < -0.39 is 54.6 Å². The molecule has 10 nitrogen and oxygen atoms in total. The van der Waals surface area contributed by atoms with Crippen LogP contribution in [0.1, 0.15) is 34.1 Å². The van der Waals surface area contributed by atoms with E-state index in [0.29, 0.717) is 6.42 Å². The van der Waals surface area contributed by atoms with Crippen molar-refractivity contribution in [3.8, 4) is 0 Å². The van der Waals surface area contributed by atoms with E-state index >= 15 is 0 Å². The Morgan fingerprint density at radius 1 is 0.857 bits per heavy atom. The van der Waals surface area contributed by atoms with Gasteiger partial charge in [-0.25, -0.2) is 0 Å². The lowest BCUT2D eigenvalue weighted by molar-refractivity contribution is -0.307. The molecule has 0 aromatic heterocycles. The molecule has 2 unspecified atom stereocenters. The maximum absolute atomic E-state index is 11.6. The van der Waals surface area contributed by atoms with Crippen molar-refractivity contribution >= 4 is 23.9 Å². The fraction of sp³-hybridized carbons (Fsp3) is 0.667. The van der Waals surface area contributed by atoms with Gasteiger partial charge in [-0.1, -0.05) is 6.08 Å². The fourth-order valence-electron chi connectivity index (χ4n) is 2.59. The van der Waals surface area contributed by atoms with Crippen molar-refractivity contribution in [1.82, 2.24) is 0 Å². The summed E-state index contributed by atoms with van der Waals surface area (Å²) in [6.07, 6.45) is -3.70. The molecule has 0 aromatic carbocycles. The van der Waals surface area contributed by atoms with Crippen LogP contribution in [0.2, 0.25) is 0 Å². The van der Waals surface area contributed by atoms with Crippen molar-refractivity contribution < 1.29 is 47.6 Å². The Kier molecular flexibility index (Phi) is 9.60. The summed E-state index contributed by atoms with van der Waals surface area (Å²) < 4.78 is 32.1. The number of carbonyl (C=O) groups is 4. The average Bonchev–Trinajstić information content (AvgIpc) is 2.57. The first kappa shape index (κ1) is 23.6. The molecule has 1 aliphatic rings. The normalized spacial score (nSPS) is 26.6. The molecule has 0 bridgehead atoms. The van der Waals surface area contributed by atoms with Gasteiger partial charge in [0, 0.05) is 27.7 Å². The Labute approximate surface area is 163 Å². The van der Waals surface area contributed by atoms with E-state index in [1.165, 1.54) is 6.92 Å². The molecule has 1 heterocycles. The quantitative estimate of drug-likeness (QED) is 0.235. The number of hydrogen-bond donors (Lipinski definition) is 0. The van der Waals surface area contributed by atoms with Gasteiger partial charge in [-0.3, -0.25) is 19.2 Å². The Morgan fingerprint density at radius 2 is 1.39 bits per heavy atom. The molecule has 158 valence electrons. The van der Waals surface area contributed by atoms with Gasteiger partial charge in [-0.05, 0) is 6.42 Å². The minimum atomic E-state index is -1.23. The van der Waals surface area contributed by atoms with Gasteiger partial charge in [0.15, 0.2) is 24.6 Å². The minimum Gasteiger partial charge on any atom is -0.463 e. The third kappa shape index (κ3) is 7.65. The van der Waals surface area contributed by atoms with E-state index in [0.717, 1.165) is 20.8 Å². The highest BCUT2D eigenvalue weighted by molar-refractivity contribution is 5.68. The second kappa shape index (κ2) is 11.4. The second-order valence-electron chi connectivity index (χ2n) is 6.02. The van der Waals surface area contributed by atoms with Crippen LogP contribution in [0.4, 0.5) is 0 Å². The summed E-state index contributed by atoms with van der Waals surface area (Å²) in [5.74, 6) is -2.65. The van der Waals surface area contributed by atoms with Crippen LogP contribution in [-0.4, -0.2) is 67.8 Å². The molecule has 5 atom stereocenters. The summed E-state index contributed by atoms with van der Waals surface area (Å²) in [7, 11) is 0. The Bertz CT molecular complexity index is 587. The number of ether oxygens (including phenoxy) is 6. The van der Waals surface area contributed by atoms with Crippen LogP contribution in [0.25, 0.3) is 0 Å². The van der Waals surface area contributed by atoms with Gasteiger partial charge in [-0.2, -0.15) is 0 Å². The molecule has 0 radical (unpaired) electrons. The Balaban J connectivity index is 3.22. The lowest BCUT2D eigenvalue weighted by Gasteiger charge is -2.44. The zero-order valence-electron chi connectivity index (χ0n) is 16.4. The SMILES string of the molecule is C=CCCO[C@@H]1OC(COC(C)=O)[C@@H](OC(C)=O)[C@H](OC(C)=O)C1OC(C)=O. The topological polar surface area (TPSA) is 124 Å². The molecule has 0 aromatic rings. The molecular formula is C18H26O10. The molecule has 0 saturated carbocycles. The van der Waals surface area contributed by atoms with Gasteiger partial charge in [0.25, 0.3) is 0 Å². The summed E-state index contributed by atoms with van der Waals surface area (Å²) in [4.78, 5) is 46.0. The first-order valence-corrected chi connectivity index (χ1v) is 8.68. The number of esters is 4. The Hall–Kier alpha value is -2.46. The predicted molar refractivity (Wildman–Crippen MR) is 92.7 cm³/mol. The first-order chi connectivity index (χ1) is 13.1. The summed E-state index contributed by atoms with van der Waals surface area (Å²) >= 11 is 0. The summed E-state index contributed by atoms with van der Waals surface area (Å²) in [6.45, 7) is 8.14. The van der Waals surface area contributed by atoms with Gasteiger partial charge in [0.1, 0.15) is 12.7 Å². The van der Waals surface area contributed by atoms with Crippen LogP contribution >= 0.6 is 0 Å². The van der Waals surface area contributed by atoms with E-state index in [1.54, 1.807) is 6.08 Å². The fourth-order valence-corrected chi connectivity index (χ4v) is 2.59. The lowest BCUT2D eigenvalue weighted by atomic mass is 9.98. The molecular weight excluding hydrogens is 376 g/mol. The smallest absolute Gasteiger partial charge is 0.303 e. The van der Waals surface area contributed by atoms with Crippen LogP contribution in [0.15, 0.2) is 12.7 Å². The largest absolute Gasteiger partial charge is 0.463 e. The molecule has 0 aliphatic carbocycles. The van der Waals surface area contributed by atoms with Crippen molar-refractivity contribution in [2.75, 3.05) is 13.2 Å². The third-order valence-electron chi connectivity index (χ3n) is 3.55. The minimum absolute atomic E-state index is 0.178. The first-order valence-electron chi connectivity index (χ1n) is 8.68. The zero-order chi connectivity index (χ0) is 21.3. The predicted octanol–water partition coefficient (Wildman–Crippen LogP) is 0.662. The average molecular weight is 402 g/mol. The van der Waals surface area contributed by atoms with E-state index in [9.17, 15) is 19.2 Å². The Morgan fingerprint density at radius 3 is 1.89 bits per heavy atom. The van der Waals surface area contributed by atoms with Gasteiger partial charge in [0.05, 0.1) is 6.61 Å². The van der Waals surface area contributed by atoms with Crippen LogP contribution in [-0.2, 0) is 47.6 Å². The number of rotatable bonds is 9. The van der Waals surface area contributed by atoms with E-state index in [1.807, 2.05) is 0 Å². The van der Waals surface area contributed by atoms with Crippen LogP contribution in [0, 0.1) is 0 Å². The summed E-state index contributed by atoms with van der Waals surface area (Å²) in [6, 6.07) is 0. The maximum Gasteiger partial charge on any atom is 0.303 e. The van der Waals surface area contributed by atoms with Crippen LogP contribution in [0.5, 0.6) is 0 Å². The maximum atomic E-state index is 11.6. The monoisotopic (exact) mass is 402 g/mol. The van der Waals surface area contributed by atoms with Crippen molar-refractivity contribution in [3.05, 3.63) is 12.7 Å². The summed E-state index contributed by atoms with van der Waals surface area (Å²) in [5.41, 5.74) is 0. The molecule has 0 N–H and O–H groups in total. The van der Waals surface area contributed by atoms with Gasteiger partial charge in [0.2, 0.25) is 0 Å². The second-order valence-corrected chi connectivity index (χ2v) is 6.02. The van der Waals surface area contributed by atoms with E-state index in [4.69, 9.17) is 28.4 Å². The van der Waals surface area contributed by atoms with Gasteiger partial charge >= 0.3 is 23.9 Å². The van der Waals surface area contributed by atoms with Crippen molar-refractivity contribution in [1.29, 1.82) is 0 Å². The highest BCUT2D eigenvalue weighted by Gasteiger charge is 2.52. The summed E-state index contributed by atoms with van der Waals surface area (Å²) in [5, 5.41) is 0. The molecule has 0 spiro atoms. The van der Waals surface area contributed by atoms with Crippen LogP contribution in [0.3, 0.4) is 0 Å². The zero-order valence-corrected chi connectivity index (χ0v) is 16.4. The standard InChI is InChI=1S/C18H26O10/c1-6-7-8-23-18-17(27-13(5)22)16(26-12(4)21)15(25-11(3)20)14(28-18)9-24-10(2)19/h6,14-18H,1,7-9H2,2-5H3/t14?,15-,16+,17?,18-/m1/s1. The molecule has 1 saturated heterocycles. The molecule has 1 aliphatic heterocycles. The highest BCUT2D eigenvalue weighted by Crippen LogP contribution is 2.30. The molecule has 1 fully saturated rings. The number of hydrogen-bond acceptors (Lipinski definition) is 10. The molecule has 0 amide bonds. The molecule has 1 rings (SSSR count). The van der Waals surface area contributed by atoms with Crippen molar-refractivity contribution in [2.45, 2.75) is 64.8 Å². The van der Waals surface area contributed by atoms with Gasteiger partial charge < -0.3 is 28.4 Å². The third-order valence-corrected chi connectivity index (χ3v) is 3.55. The van der Waals surface area contributed by atoms with Crippen molar-refractivity contribution in [2.24, 2.45) is 0 Å². The number of carbonyl (C=O) groups excluding carboxylic acids is 4. The van der Waals surface area contributed by atoms with E-state index in [2.05, 4.69) is 6.58 Å². The van der Waals surface area contributed by atoms with Gasteiger partial charge in [-0.15, -0.1) is 6.58 Å². The highest BCUT2D eigenvalue weighted by atomic mass is 16.7. The lowest BCUT2D eigenvalue weighted by Crippen LogP contribution is -2.63. The van der Waals surface area contributed by atoms with Crippen LogP contribution < -0.4 is 0 Å². The molecule has 28 heavy (non-hydrogen) atoms.